The Morgan fingerprint density at radius 2 is 1.90 bits per heavy atom. The fraction of sp³-hybridized carbons (Fsp3) is 0.0870. The van der Waals surface area contributed by atoms with Crippen molar-refractivity contribution in [3.05, 3.63) is 95.5 Å². The van der Waals surface area contributed by atoms with E-state index in [4.69, 9.17) is 11.6 Å². The second-order valence-electron chi connectivity index (χ2n) is 6.71. The Morgan fingerprint density at radius 1 is 1.03 bits per heavy atom. The number of halogens is 1. The van der Waals surface area contributed by atoms with Gasteiger partial charge in [0, 0.05) is 41.1 Å². The van der Waals surface area contributed by atoms with Crippen LogP contribution < -0.4 is 10.6 Å². The van der Waals surface area contributed by atoms with Crippen molar-refractivity contribution in [2.75, 3.05) is 11.9 Å². The molecule has 7 heteroatoms. The van der Waals surface area contributed by atoms with Crippen molar-refractivity contribution >= 4 is 39.9 Å². The Hall–Kier alpha value is -3.64. The molecule has 0 aliphatic carbocycles. The number of carbonyl (C=O) groups is 1. The topological polar surface area (TPSA) is 82.2 Å². The fourth-order valence-corrected chi connectivity index (χ4v) is 3.22. The average molecular weight is 418 g/mol. The number of guanidine groups is 1. The van der Waals surface area contributed by atoms with E-state index in [2.05, 4.69) is 31.7 Å². The van der Waals surface area contributed by atoms with Gasteiger partial charge in [0.05, 0.1) is 6.33 Å². The molecule has 0 saturated heterocycles. The van der Waals surface area contributed by atoms with E-state index >= 15 is 0 Å². The van der Waals surface area contributed by atoms with Crippen LogP contribution in [-0.4, -0.2) is 28.4 Å². The maximum absolute atomic E-state index is 12.7. The second kappa shape index (κ2) is 9.24. The van der Waals surface area contributed by atoms with Crippen LogP contribution in [0, 0.1) is 0 Å². The van der Waals surface area contributed by atoms with Gasteiger partial charge < -0.3 is 10.3 Å². The van der Waals surface area contributed by atoms with Crippen molar-refractivity contribution in [1.29, 1.82) is 0 Å². The highest BCUT2D eigenvalue weighted by atomic mass is 35.5. The lowest BCUT2D eigenvalue weighted by molar-refractivity contribution is 0.0977. The fourth-order valence-electron chi connectivity index (χ4n) is 3.03. The third kappa shape index (κ3) is 5.04. The number of amides is 1. The number of aromatic amines is 1. The summed E-state index contributed by atoms with van der Waals surface area (Å²) in [5, 5.41) is 8.82. The Labute approximate surface area is 179 Å². The monoisotopic (exact) mass is 417 g/mol. The van der Waals surface area contributed by atoms with Crippen LogP contribution in [0.15, 0.2) is 84.2 Å². The van der Waals surface area contributed by atoms with Gasteiger partial charge in [0.2, 0.25) is 5.96 Å². The van der Waals surface area contributed by atoms with E-state index in [1.54, 1.807) is 36.8 Å². The van der Waals surface area contributed by atoms with Gasteiger partial charge in [0.15, 0.2) is 0 Å². The van der Waals surface area contributed by atoms with Gasteiger partial charge in [0.25, 0.3) is 5.91 Å². The Kier molecular flexibility index (Phi) is 6.06. The van der Waals surface area contributed by atoms with Crippen LogP contribution in [0.3, 0.4) is 0 Å². The first-order chi connectivity index (χ1) is 14.7. The number of anilines is 1. The van der Waals surface area contributed by atoms with Crippen molar-refractivity contribution in [3.63, 3.8) is 0 Å². The first-order valence-corrected chi connectivity index (χ1v) is 9.89. The molecule has 1 heterocycles. The summed E-state index contributed by atoms with van der Waals surface area (Å²) in [6.07, 6.45) is 4.07. The highest BCUT2D eigenvalue weighted by Crippen LogP contribution is 2.19. The minimum absolute atomic E-state index is 0.286. The molecule has 0 fully saturated rings. The standard InChI is InChI=1S/C23H20ClN5O/c24-19-7-3-6-18(12-19)22(30)29-23(26-11-10-21-14-25-15-27-21)28-20-9-8-16-4-1-2-5-17(16)13-20/h1-9,12-15H,10-11H2,(H,25,27)(H2,26,28,29,30). The second-order valence-corrected chi connectivity index (χ2v) is 7.15. The molecule has 0 saturated carbocycles. The molecule has 0 aliphatic rings. The lowest BCUT2D eigenvalue weighted by Crippen LogP contribution is -2.36. The van der Waals surface area contributed by atoms with E-state index in [-0.39, 0.29) is 5.91 Å². The van der Waals surface area contributed by atoms with Crippen molar-refractivity contribution in [2.45, 2.75) is 6.42 Å². The Morgan fingerprint density at radius 3 is 2.70 bits per heavy atom. The summed E-state index contributed by atoms with van der Waals surface area (Å²) in [4.78, 5) is 24.3. The van der Waals surface area contributed by atoms with Crippen molar-refractivity contribution in [1.82, 2.24) is 15.3 Å². The minimum Gasteiger partial charge on any atom is -0.348 e. The molecular weight excluding hydrogens is 398 g/mol. The van der Waals surface area contributed by atoms with Gasteiger partial charge in [-0.2, -0.15) is 0 Å². The quantitative estimate of drug-likeness (QED) is 0.326. The first kappa shape index (κ1) is 19.7. The molecule has 4 rings (SSSR count). The number of hydrogen-bond acceptors (Lipinski definition) is 3. The van der Waals surface area contributed by atoms with Gasteiger partial charge in [0.1, 0.15) is 0 Å². The Balaban J connectivity index is 1.54. The van der Waals surface area contributed by atoms with Crippen LogP contribution in [0.4, 0.5) is 5.69 Å². The molecule has 4 aromatic rings. The normalized spacial score (nSPS) is 11.4. The number of benzene rings is 3. The zero-order valence-corrected chi connectivity index (χ0v) is 16.9. The van der Waals surface area contributed by atoms with Crippen LogP contribution in [-0.2, 0) is 6.42 Å². The Bertz CT molecular complexity index is 1190. The van der Waals surface area contributed by atoms with Crippen LogP contribution >= 0.6 is 11.6 Å². The molecule has 0 bridgehead atoms. The molecule has 3 aromatic carbocycles. The molecule has 0 radical (unpaired) electrons. The predicted molar refractivity (Wildman–Crippen MR) is 121 cm³/mol. The smallest absolute Gasteiger partial charge is 0.258 e. The largest absolute Gasteiger partial charge is 0.348 e. The van der Waals surface area contributed by atoms with Crippen LogP contribution in [0.2, 0.25) is 5.02 Å². The summed E-state index contributed by atoms with van der Waals surface area (Å²) < 4.78 is 0. The molecule has 0 atom stereocenters. The summed E-state index contributed by atoms with van der Waals surface area (Å²) in [7, 11) is 0. The van der Waals surface area contributed by atoms with Crippen LogP contribution in [0.5, 0.6) is 0 Å². The van der Waals surface area contributed by atoms with E-state index in [1.807, 2.05) is 36.4 Å². The molecule has 6 nitrogen and oxygen atoms in total. The number of nitrogens with zero attached hydrogens (tertiary/aromatic N) is 2. The van der Waals surface area contributed by atoms with Gasteiger partial charge in [-0.25, -0.2) is 4.98 Å². The minimum atomic E-state index is -0.286. The summed E-state index contributed by atoms with van der Waals surface area (Å²) in [6.45, 7) is 0.480. The van der Waals surface area contributed by atoms with E-state index in [1.165, 1.54) is 0 Å². The van der Waals surface area contributed by atoms with Crippen molar-refractivity contribution in [2.24, 2.45) is 4.99 Å². The highest BCUT2D eigenvalue weighted by Gasteiger charge is 2.10. The van der Waals surface area contributed by atoms with E-state index < -0.39 is 0 Å². The molecule has 0 aliphatic heterocycles. The number of aliphatic imine (C=N–C) groups is 1. The maximum atomic E-state index is 12.7. The number of aromatic nitrogens is 2. The number of fused-ring (bicyclic) bond motifs is 1. The summed E-state index contributed by atoms with van der Waals surface area (Å²) >= 11 is 6.02. The number of imidazole rings is 1. The number of carbonyl (C=O) groups excluding carboxylic acids is 1. The van der Waals surface area contributed by atoms with Gasteiger partial charge in [-0.15, -0.1) is 0 Å². The third-order valence-corrected chi connectivity index (χ3v) is 4.77. The van der Waals surface area contributed by atoms with Gasteiger partial charge >= 0.3 is 0 Å². The number of H-pyrrole nitrogens is 1. The van der Waals surface area contributed by atoms with Crippen molar-refractivity contribution < 1.29 is 4.79 Å². The summed E-state index contributed by atoms with van der Waals surface area (Å²) in [5.41, 5.74) is 2.27. The number of hydrogen-bond donors (Lipinski definition) is 3. The highest BCUT2D eigenvalue weighted by molar-refractivity contribution is 6.31. The van der Waals surface area contributed by atoms with Gasteiger partial charge in [-0.3, -0.25) is 15.1 Å². The maximum Gasteiger partial charge on any atom is 0.258 e. The van der Waals surface area contributed by atoms with Crippen molar-refractivity contribution in [3.8, 4) is 0 Å². The SMILES string of the molecule is O=C(NC(=NCCc1cnc[nH]1)Nc1ccc2ccccc2c1)c1cccc(Cl)c1. The molecule has 1 aromatic heterocycles. The third-order valence-electron chi connectivity index (χ3n) is 4.54. The van der Waals surface area contributed by atoms with Gasteiger partial charge in [-0.1, -0.05) is 48.0 Å². The summed E-state index contributed by atoms with van der Waals surface area (Å²) in [6, 6.07) is 20.9. The predicted octanol–water partition coefficient (Wildman–Crippen LogP) is 4.66. The summed E-state index contributed by atoms with van der Waals surface area (Å²) in [5.74, 6) is 0.0841. The number of nitrogens with one attached hydrogen (secondary N) is 3. The van der Waals surface area contributed by atoms with E-state index in [0.29, 0.717) is 29.5 Å². The zero-order chi connectivity index (χ0) is 20.8. The molecule has 0 spiro atoms. The molecular formula is C23H20ClN5O. The molecule has 30 heavy (non-hydrogen) atoms. The number of rotatable bonds is 5. The first-order valence-electron chi connectivity index (χ1n) is 9.52. The lowest BCUT2D eigenvalue weighted by atomic mass is 10.1. The van der Waals surface area contributed by atoms with Gasteiger partial charge in [-0.05, 0) is 41.1 Å². The molecule has 3 N–H and O–H groups in total. The lowest BCUT2D eigenvalue weighted by Gasteiger charge is -2.13. The molecule has 150 valence electrons. The van der Waals surface area contributed by atoms with Crippen LogP contribution in [0.1, 0.15) is 16.1 Å². The van der Waals surface area contributed by atoms with Crippen LogP contribution in [0.25, 0.3) is 10.8 Å². The van der Waals surface area contributed by atoms with E-state index in [0.717, 1.165) is 22.2 Å². The average Bonchev–Trinajstić information content (AvgIpc) is 3.27. The zero-order valence-electron chi connectivity index (χ0n) is 16.1. The van der Waals surface area contributed by atoms with E-state index in [9.17, 15) is 4.79 Å². The molecule has 1 amide bonds. The molecule has 0 unspecified atom stereocenters.